The van der Waals surface area contributed by atoms with Gasteiger partial charge < -0.3 is 9.64 Å². The summed E-state index contributed by atoms with van der Waals surface area (Å²) in [7, 11) is 0. The van der Waals surface area contributed by atoms with Gasteiger partial charge in [-0.15, -0.1) is 11.3 Å². The predicted octanol–water partition coefficient (Wildman–Crippen LogP) is 1.33. The van der Waals surface area contributed by atoms with Crippen molar-refractivity contribution in [1.82, 2.24) is 14.0 Å². The maximum absolute atomic E-state index is 13.1. The van der Waals surface area contributed by atoms with Crippen LogP contribution >= 0.6 is 11.3 Å². The Balaban J connectivity index is 1.67. The van der Waals surface area contributed by atoms with Crippen molar-refractivity contribution in [2.45, 2.75) is 19.5 Å². The van der Waals surface area contributed by atoms with Crippen LogP contribution in [0, 0.1) is 0 Å². The minimum absolute atomic E-state index is 0.0717. The minimum atomic E-state index is -0.437. The molecule has 0 unspecified atom stereocenters. The van der Waals surface area contributed by atoms with Gasteiger partial charge in [-0.2, -0.15) is 0 Å². The van der Waals surface area contributed by atoms with Crippen molar-refractivity contribution in [3.8, 4) is 0 Å². The van der Waals surface area contributed by atoms with Crippen molar-refractivity contribution in [2.24, 2.45) is 0 Å². The number of carbonyl (C=O) groups excluding carboxylic acids is 1. The van der Waals surface area contributed by atoms with Gasteiger partial charge in [-0.3, -0.25) is 18.7 Å². The highest BCUT2D eigenvalue weighted by molar-refractivity contribution is 7.17. The lowest BCUT2D eigenvalue weighted by molar-refractivity contribution is -0.135. The highest BCUT2D eigenvalue weighted by atomic mass is 32.1. The molecule has 146 valence electrons. The third kappa shape index (κ3) is 3.65. The fourth-order valence-corrected chi connectivity index (χ4v) is 4.26. The fourth-order valence-electron chi connectivity index (χ4n) is 3.42. The summed E-state index contributed by atoms with van der Waals surface area (Å²) in [6, 6.07) is 11.5. The molecule has 1 fully saturated rings. The zero-order valence-corrected chi connectivity index (χ0v) is 16.2. The molecule has 0 aliphatic carbocycles. The quantitative estimate of drug-likeness (QED) is 0.649. The van der Waals surface area contributed by atoms with Crippen molar-refractivity contribution in [3.05, 3.63) is 68.2 Å². The van der Waals surface area contributed by atoms with Gasteiger partial charge in [-0.05, 0) is 23.4 Å². The monoisotopic (exact) mass is 399 g/mol. The van der Waals surface area contributed by atoms with Crippen LogP contribution in [-0.4, -0.2) is 46.2 Å². The molecule has 0 spiro atoms. The molecule has 1 aromatic carbocycles. The summed E-state index contributed by atoms with van der Waals surface area (Å²) in [4.78, 5) is 40.3. The van der Waals surface area contributed by atoms with E-state index in [9.17, 15) is 14.4 Å². The predicted molar refractivity (Wildman–Crippen MR) is 108 cm³/mol. The molecular weight excluding hydrogens is 378 g/mol. The van der Waals surface area contributed by atoms with Crippen LogP contribution < -0.4 is 11.2 Å². The molecule has 0 bridgehead atoms. The van der Waals surface area contributed by atoms with Crippen LogP contribution in [0.4, 0.5) is 0 Å². The van der Waals surface area contributed by atoms with Crippen LogP contribution in [0.3, 0.4) is 0 Å². The summed E-state index contributed by atoms with van der Waals surface area (Å²) < 4.78 is 8.46. The van der Waals surface area contributed by atoms with Crippen molar-refractivity contribution in [3.63, 3.8) is 0 Å². The zero-order chi connectivity index (χ0) is 19.5. The van der Waals surface area contributed by atoms with Gasteiger partial charge in [0.05, 0.1) is 18.7 Å². The average Bonchev–Trinajstić information content (AvgIpc) is 3.22. The molecule has 3 heterocycles. The number of nitrogens with zero attached hydrogens (tertiary/aromatic N) is 3. The van der Waals surface area contributed by atoms with E-state index in [1.165, 1.54) is 20.5 Å². The summed E-state index contributed by atoms with van der Waals surface area (Å²) in [5.41, 5.74) is 0.850. The lowest BCUT2D eigenvalue weighted by Crippen LogP contribution is -2.46. The second-order valence-corrected chi connectivity index (χ2v) is 7.61. The normalized spacial score (nSPS) is 14.5. The summed E-state index contributed by atoms with van der Waals surface area (Å²) in [5, 5.41) is 1.78. The Morgan fingerprint density at radius 1 is 1.04 bits per heavy atom. The number of morpholine rings is 1. The van der Waals surface area contributed by atoms with E-state index >= 15 is 0 Å². The Morgan fingerprint density at radius 3 is 2.54 bits per heavy atom. The number of ether oxygens (including phenoxy) is 1. The molecule has 1 aliphatic rings. The molecule has 4 rings (SSSR count). The van der Waals surface area contributed by atoms with Gasteiger partial charge in [0.1, 0.15) is 11.2 Å². The largest absolute Gasteiger partial charge is 0.378 e. The van der Waals surface area contributed by atoms with E-state index in [1.54, 1.807) is 16.3 Å². The van der Waals surface area contributed by atoms with Gasteiger partial charge in [-0.25, -0.2) is 4.79 Å². The third-order valence-corrected chi connectivity index (χ3v) is 5.85. The maximum Gasteiger partial charge on any atom is 0.332 e. The molecule has 0 radical (unpaired) electrons. The Morgan fingerprint density at radius 2 is 1.79 bits per heavy atom. The molecule has 0 saturated carbocycles. The van der Waals surface area contributed by atoms with E-state index in [0.717, 1.165) is 5.56 Å². The first-order chi connectivity index (χ1) is 13.6. The molecule has 1 saturated heterocycles. The van der Waals surface area contributed by atoms with Gasteiger partial charge in [0, 0.05) is 19.6 Å². The Hall–Kier alpha value is -2.71. The summed E-state index contributed by atoms with van der Waals surface area (Å²) in [6.45, 7) is 2.26. The minimum Gasteiger partial charge on any atom is -0.378 e. The second-order valence-electron chi connectivity index (χ2n) is 6.69. The zero-order valence-electron chi connectivity index (χ0n) is 15.4. The van der Waals surface area contributed by atoms with E-state index in [0.29, 0.717) is 42.9 Å². The first-order valence-electron chi connectivity index (χ1n) is 9.25. The van der Waals surface area contributed by atoms with Gasteiger partial charge >= 0.3 is 5.69 Å². The van der Waals surface area contributed by atoms with E-state index in [4.69, 9.17) is 4.74 Å². The average molecular weight is 399 g/mol. The van der Waals surface area contributed by atoms with Crippen LogP contribution in [0.1, 0.15) is 5.56 Å². The number of aryl methyl sites for hydroxylation is 1. The molecule has 1 aliphatic heterocycles. The van der Waals surface area contributed by atoms with E-state index in [2.05, 4.69) is 0 Å². The second kappa shape index (κ2) is 8.12. The first kappa shape index (κ1) is 18.6. The van der Waals surface area contributed by atoms with Crippen LogP contribution in [0.2, 0.25) is 0 Å². The van der Waals surface area contributed by atoms with Crippen LogP contribution in [0.15, 0.2) is 51.4 Å². The number of rotatable bonds is 5. The Kier molecular flexibility index (Phi) is 5.40. The molecule has 3 aromatic rings. The standard InChI is InChI=1S/C20H21N3O4S/c24-17(21-9-11-27-12-10-21)14-23-16-7-13-28-18(16)19(25)22(20(23)26)8-6-15-4-2-1-3-5-15/h1-5,7,13H,6,8-12,14H2. The third-order valence-electron chi connectivity index (χ3n) is 4.96. The van der Waals surface area contributed by atoms with Crippen molar-refractivity contribution in [2.75, 3.05) is 26.3 Å². The first-order valence-corrected chi connectivity index (χ1v) is 10.1. The smallest absolute Gasteiger partial charge is 0.332 e. The van der Waals surface area contributed by atoms with Gasteiger partial charge in [0.25, 0.3) is 5.56 Å². The summed E-state index contributed by atoms with van der Waals surface area (Å²) in [5.74, 6) is -0.133. The van der Waals surface area contributed by atoms with Crippen LogP contribution in [-0.2, 0) is 29.0 Å². The fraction of sp³-hybridized carbons (Fsp3) is 0.350. The number of amides is 1. The summed E-state index contributed by atoms with van der Waals surface area (Å²) in [6.07, 6.45) is 0.574. The molecule has 28 heavy (non-hydrogen) atoms. The van der Waals surface area contributed by atoms with Crippen LogP contribution in [0.25, 0.3) is 10.2 Å². The SMILES string of the molecule is O=C(Cn1c(=O)n(CCc2ccccc2)c(=O)c2sccc21)N1CCOCC1. The topological polar surface area (TPSA) is 73.5 Å². The maximum atomic E-state index is 13.1. The van der Waals surface area contributed by atoms with E-state index < -0.39 is 5.69 Å². The number of benzene rings is 1. The molecule has 7 nitrogen and oxygen atoms in total. The van der Waals surface area contributed by atoms with Crippen molar-refractivity contribution in [1.29, 1.82) is 0 Å². The number of fused-ring (bicyclic) bond motifs is 1. The molecule has 0 atom stereocenters. The van der Waals surface area contributed by atoms with Gasteiger partial charge in [0.15, 0.2) is 0 Å². The molecule has 2 aromatic heterocycles. The van der Waals surface area contributed by atoms with E-state index in [1.807, 2.05) is 30.3 Å². The number of hydrogen-bond acceptors (Lipinski definition) is 5. The van der Waals surface area contributed by atoms with Gasteiger partial charge in [0.2, 0.25) is 5.91 Å². The highest BCUT2D eigenvalue weighted by Crippen LogP contribution is 2.16. The number of carbonyl (C=O) groups is 1. The highest BCUT2D eigenvalue weighted by Gasteiger charge is 2.21. The lowest BCUT2D eigenvalue weighted by atomic mass is 10.1. The number of thiophene rings is 1. The summed E-state index contributed by atoms with van der Waals surface area (Å²) >= 11 is 1.30. The molecule has 1 amide bonds. The lowest BCUT2D eigenvalue weighted by Gasteiger charge is -2.27. The van der Waals surface area contributed by atoms with Crippen LogP contribution in [0.5, 0.6) is 0 Å². The number of hydrogen-bond donors (Lipinski definition) is 0. The number of aromatic nitrogens is 2. The van der Waals surface area contributed by atoms with Crippen molar-refractivity contribution >= 4 is 27.5 Å². The molecule has 0 N–H and O–H groups in total. The molecule has 8 heteroatoms. The Labute approximate surface area is 165 Å². The Bertz CT molecular complexity index is 1090. The van der Waals surface area contributed by atoms with Crippen molar-refractivity contribution < 1.29 is 9.53 Å². The molecular formula is C20H21N3O4S. The van der Waals surface area contributed by atoms with E-state index in [-0.39, 0.29) is 24.6 Å². The van der Waals surface area contributed by atoms with Gasteiger partial charge in [-0.1, -0.05) is 30.3 Å².